The molecule has 1 aliphatic carbocycles. The molecule has 1 aliphatic rings. The number of hydrogen-bond acceptors (Lipinski definition) is 4. The Labute approximate surface area is 163 Å². The van der Waals surface area contributed by atoms with Gasteiger partial charge in [0.2, 0.25) is 0 Å². The number of carbonyl (C=O) groups is 1. The van der Waals surface area contributed by atoms with Crippen LogP contribution in [0.5, 0.6) is 0 Å². The first-order chi connectivity index (χ1) is 11.5. The molecule has 26 heavy (non-hydrogen) atoms. The summed E-state index contributed by atoms with van der Waals surface area (Å²) in [6.45, 7) is 26.1. The third-order valence-electron chi connectivity index (χ3n) is 6.78. The molecule has 1 saturated carbocycles. The summed E-state index contributed by atoms with van der Waals surface area (Å²) in [7, 11) is -3.63. The molecule has 4 nitrogen and oxygen atoms in total. The Morgan fingerprint density at radius 3 is 1.42 bits per heavy atom. The summed E-state index contributed by atoms with van der Waals surface area (Å²) >= 11 is 0. The van der Waals surface area contributed by atoms with E-state index >= 15 is 0 Å². The van der Waals surface area contributed by atoms with Crippen molar-refractivity contribution in [3.05, 3.63) is 0 Å². The highest BCUT2D eigenvalue weighted by molar-refractivity contribution is 6.74. The van der Waals surface area contributed by atoms with E-state index < -0.39 is 16.6 Å². The first kappa shape index (κ1) is 23.9. The van der Waals surface area contributed by atoms with E-state index in [4.69, 9.17) is 13.6 Å². The molecule has 154 valence electrons. The second kappa shape index (κ2) is 8.05. The molecule has 0 heterocycles. The Morgan fingerprint density at radius 1 is 0.808 bits per heavy atom. The molecule has 0 N–H and O–H groups in total. The Morgan fingerprint density at radius 2 is 1.15 bits per heavy atom. The molecular formula is C20H42O4Si2. The molecule has 0 saturated heterocycles. The SMILES string of the molecule is CCOC(=O)C1[C@@H](CO[Si](C)(C)C(C)(C)C)[C@H]1CO[Si](C)(C)C(C)(C)C. The summed E-state index contributed by atoms with van der Waals surface area (Å²) in [5.74, 6) is 0.311. The topological polar surface area (TPSA) is 44.8 Å². The molecule has 3 atom stereocenters. The third-order valence-corrected chi connectivity index (χ3v) is 15.8. The molecule has 0 aliphatic heterocycles. The van der Waals surface area contributed by atoms with Gasteiger partial charge < -0.3 is 13.6 Å². The van der Waals surface area contributed by atoms with Gasteiger partial charge in [-0.15, -0.1) is 0 Å². The van der Waals surface area contributed by atoms with Crippen LogP contribution in [-0.4, -0.2) is 42.4 Å². The highest BCUT2D eigenvalue weighted by atomic mass is 28.4. The Balaban J connectivity index is 2.74. The van der Waals surface area contributed by atoms with Crippen LogP contribution in [0.3, 0.4) is 0 Å². The summed E-state index contributed by atoms with van der Waals surface area (Å²) in [5.41, 5.74) is 0. The molecule has 0 spiro atoms. The van der Waals surface area contributed by atoms with Crippen LogP contribution in [0, 0.1) is 17.8 Å². The lowest BCUT2D eigenvalue weighted by Gasteiger charge is -2.36. The van der Waals surface area contributed by atoms with Gasteiger partial charge in [-0.25, -0.2) is 0 Å². The lowest BCUT2D eigenvalue weighted by atomic mass is 10.2. The molecule has 6 heteroatoms. The van der Waals surface area contributed by atoms with Crippen molar-refractivity contribution in [1.29, 1.82) is 0 Å². The van der Waals surface area contributed by atoms with Gasteiger partial charge in [-0.05, 0) is 43.2 Å². The van der Waals surface area contributed by atoms with Crippen LogP contribution < -0.4 is 0 Å². The van der Waals surface area contributed by atoms with E-state index in [1.54, 1.807) is 0 Å². The Hall–Kier alpha value is -0.176. The van der Waals surface area contributed by atoms with Crippen molar-refractivity contribution in [3.8, 4) is 0 Å². The van der Waals surface area contributed by atoms with Gasteiger partial charge in [0.05, 0.1) is 12.5 Å². The molecule has 1 unspecified atom stereocenters. The van der Waals surface area contributed by atoms with Crippen LogP contribution in [-0.2, 0) is 18.4 Å². The van der Waals surface area contributed by atoms with Crippen molar-refractivity contribution in [2.75, 3.05) is 19.8 Å². The maximum atomic E-state index is 12.4. The standard InChI is InChI=1S/C20H42O4Si2/c1-12-22-18(21)17-15(13-23-25(8,9)19(2,3)4)16(17)14-24-26(10,11)20(5,6)7/h15-17H,12-14H2,1-11H3/t15-,16+,17?. The molecule has 0 bridgehead atoms. The van der Waals surface area contributed by atoms with E-state index in [2.05, 4.69) is 67.7 Å². The van der Waals surface area contributed by atoms with Gasteiger partial charge in [0.1, 0.15) is 0 Å². The van der Waals surface area contributed by atoms with E-state index in [-0.39, 0.29) is 33.8 Å². The maximum Gasteiger partial charge on any atom is 0.309 e. The third kappa shape index (κ3) is 5.66. The van der Waals surface area contributed by atoms with Crippen LogP contribution in [0.15, 0.2) is 0 Å². The van der Waals surface area contributed by atoms with Crippen LogP contribution in [0.4, 0.5) is 0 Å². The smallest absolute Gasteiger partial charge is 0.309 e. The lowest BCUT2D eigenvalue weighted by Crippen LogP contribution is -2.42. The van der Waals surface area contributed by atoms with Crippen molar-refractivity contribution in [1.82, 2.24) is 0 Å². The van der Waals surface area contributed by atoms with E-state index in [1.165, 1.54) is 0 Å². The van der Waals surface area contributed by atoms with E-state index in [0.717, 1.165) is 0 Å². The fraction of sp³-hybridized carbons (Fsp3) is 0.950. The highest BCUT2D eigenvalue weighted by Gasteiger charge is 2.57. The van der Waals surface area contributed by atoms with Gasteiger partial charge in [-0.1, -0.05) is 41.5 Å². The van der Waals surface area contributed by atoms with Crippen molar-refractivity contribution in [2.24, 2.45) is 17.8 Å². The molecule has 0 amide bonds. The zero-order valence-electron chi connectivity index (χ0n) is 19.0. The second-order valence-electron chi connectivity index (χ2n) is 10.7. The average Bonchev–Trinajstić information content (AvgIpc) is 3.14. The molecule has 1 rings (SSSR count). The zero-order chi connectivity index (χ0) is 20.6. The number of ether oxygens (including phenoxy) is 1. The van der Waals surface area contributed by atoms with E-state index in [1.807, 2.05) is 6.92 Å². The highest BCUT2D eigenvalue weighted by Crippen LogP contribution is 2.50. The van der Waals surface area contributed by atoms with Gasteiger partial charge in [0.15, 0.2) is 16.6 Å². The Kier molecular flexibility index (Phi) is 7.39. The lowest BCUT2D eigenvalue weighted by molar-refractivity contribution is -0.145. The molecule has 1 fully saturated rings. The number of hydrogen-bond donors (Lipinski definition) is 0. The summed E-state index contributed by atoms with van der Waals surface area (Å²) in [4.78, 5) is 12.4. The van der Waals surface area contributed by atoms with Crippen LogP contribution >= 0.6 is 0 Å². The molecule has 0 aromatic heterocycles. The largest absolute Gasteiger partial charge is 0.466 e. The predicted molar refractivity (Wildman–Crippen MR) is 113 cm³/mol. The quantitative estimate of drug-likeness (QED) is 0.400. The van der Waals surface area contributed by atoms with Crippen molar-refractivity contribution in [3.63, 3.8) is 0 Å². The van der Waals surface area contributed by atoms with E-state index in [9.17, 15) is 4.79 Å². The minimum absolute atomic E-state index is 0.0653. The average molecular weight is 403 g/mol. The number of rotatable bonds is 8. The van der Waals surface area contributed by atoms with Crippen LogP contribution in [0.2, 0.25) is 36.3 Å². The van der Waals surface area contributed by atoms with Crippen LogP contribution in [0.1, 0.15) is 48.5 Å². The monoisotopic (exact) mass is 402 g/mol. The first-order valence-electron chi connectivity index (χ1n) is 9.99. The summed E-state index contributed by atoms with van der Waals surface area (Å²) < 4.78 is 18.1. The van der Waals surface area contributed by atoms with Crippen molar-refractivity contribution in [2.45, 2.75) is 84.7 Å². The Bertz CT molecular complexity index is 453. The summed E-state index contributed by atoms with van der Waals surface area (Å²) in [5, 5.41) is 0.350. The summed E-state index contributed by atoms with van der Waals surface area (Å²) in [6.07, 6.45) is 0. The fourth-order valence-corrected chi connectivity index (χ4v) is 4.61. The van der Waals surface area contributed by atoms with E-state index in [0.29, 0.717) is 19.8 Å². The normalized spacial score (nSPS) is 24.5. The van der Waals surface area contributed by atoms with Crippen molar-refractivity contribution >= 4 is 22.6 Å². The van der Waals surface area contributed by atoms with Crippen LogP contribution in [0.25, 0.3) is 0 Å². The second-order valence-corrected chi connectivity index (χ2v) is 20.4. The van der Waals surface area contributed by atoms with Gasteiger partial charge in [0, 0.05) is 25.0 Å². The van der Waals surface area contributed by atoms with Gasteiger partial charge in [-0.3, -0.25) is 4.79 Å². The molecular weight excluding hydrogens is 360 g/mol. The molecule has 0 aromatic rings. The minimum atomic E-state index is -1.81. The van der Waals surface area contributed by atoms with Gasteiger partial charge in [0.25, 0.3) is 0 Å². The number of esters is 1. The fourth-order valence-electron chi connectivity index (χ4n) is 2.53. The predicted octanol–water partition coefficient (Wildman–Crippen LogP) is 5.46. The summed E-state index contributed by atoms with van der Waals surface area (Å²) in [6, 6.07) is 0. The first-order valence-corrected chi connectivity index (χ1v) is 15.8. The molecule has 0 aromatic carbocycles. The maximum absolute atomic E-state index is 12.4. The zero-order valence-corrected chi connectivity index (χ0v) is 21.0. The number of carbonyl (C=O) groups excluding carboxylic acids is 1. The molecule has 0 radical (unpaired) electrons. The van der Waals surface area contributed by atoms with Gasteiger partial charge in [-0.2, -0.15) is 0 Å². The van der Waals surface area contributed by atoms with Gasteiger partial charge >= 0.3 is 5.97 Å². The van der Waals surface area contributed by atoms with Crippen molar-refractivity contribution < 1.29 is 18.4 Å². The minimum Gasteiger partial charge on any atom is -0.466 e.